The number of aryl methyl sites for hydroxylation is 1. The van der Waals surface area contributed by atoms with Crippen molar-refractivity contribution in [1.82, 2.24) is 0 Å². The van der Waals surface area contributed by atoms with Crippen LogP contribution in [-0.4, -0.2) is 12.2 Å². The Morgan fingerprint density at radius 1 is 0.542 bits per heavy atom. The molecule has 4 aliphatic carbocycles. The van der Waals surface area contributed by atoms with Crippen LogP contribution < -0.4 is 14.4 Å². The van der Waals surface area contributed by atoms with E-state index in [0.717, 1.165) is 41.4 Å². The van der Waals surface area contributed by atoms with E-state index >= 15 is 0 Å². The number of para-hydroxylation sites is 1. The molecule has 2 heterocycles. The van der Waals surface area contributed by atoms with Crippen LogP contribution in [0.1, 0.15) is 39.1 Å². The zero-order valence-electron chi connectivity index (χ0n) is 32.1. The fraction of sp³-hybridized carbons (Fsp3) is 0.0909. The number of rotatable bonds is 4. The molecule has 1 aromatic heterocycles. The average molecular weight is 776 g/mol. The van der Waals surface area contributed by atoms with Crippen molar-refractivity contribution in [3.63, 3.8) is 0 Å². The minimum atomic E-state index is -0.427. The molecule has 7 aromatic carbocycles. The largest absolute Gasteiger partial charge is 0.478 e. The fourth-order valence-electron chi connectivity index (χ4n) is 10.5. The lowest BCUT2D eigenvalue weighted by Gasteiger charge is -2.37. The van der Waals surface area contributed by atoms with Gasteiger partial charge in [0.2, 0.25) is 0 Å². The van der Waals surface area contributed by atoms with Gasteiger partial charge in [-0.05, 0) is 146 Å². The molecular formula is C55H37NO2S. The van der Waals surface area contributed by atoms with Gasteiger partial charge in [-0.1, -0.05) is 121 Å². The molecule has 1 spiro atoms. The SMILES string of the molecule is C1=Cc2sc3cc(-c4ccc(N(C5=CC6Oc7cc8c(cc7OC6C=C5)C5(c6ccccc6-c6ccccc65)c5ccccc5-8)c5ccccc5)cc4)ccc3c2CC1. The topological polar surface area (TPSA) is 21.7 Å². The van der Waals surface area contributed by atoms with Gasteiger partial charge in [0.15, 0.2) is 23.7 Å². The maximum absolute atomic E-state index is 6.98. The summed E-state index contributed by atoms with van der Waals surface area (Å²) in [4.78, 5) is 3.73. The molecule has 0 fully saturated rings. The summed E-state index contributed by atoms with van der Waals surface area (Å²) in [7, 11) is 0. The lowest BCUT2D eigenvalue weighted by Crippen LogP contribution is -2.40. The fourth-order valence-corrected chi connectivity index (χ4v) is 11.8. The zero-order chi connectivity index (χ0) is 38.7. The molecule has 59 heavy (non-hydrogen) atoms. The van der Waals surface area contributed by atoms with E-state index in [-0.39, 0.29) is 12.2 Å². The van der Waals surface area contributed by atoms with Crippen molar-refractivity contribution < 1.29 is 9.47 Å². The molecule has 2 atom stereocenters. The van der Waals surface area contributed by atoms with Gasteiger partial charge in [0.05, 0.1) is 5.41 Å². The van der Waals surface area contributed by atoms with E-state index in [1.807, 2.05) is 11.3 Å². The predicted molar refractivity (Wildman–Crippen MR) is 242 cm³/mol. The minimum absolute atomic E-state index is 0.263. The first-order chi connectivity index (χ1) is 29.2. The van der Waals surface area contributed by atoms with Gasteiger partial charge in [-0.15, -0.1) is 11.3 Å². The number of benzene rings is 7. The monoisotopic (exact) mass is 775 g/mol. The molecular weight excluding hydrogens is 739 g/mol. The summed E-state index contributed by atoms with van der Waals surface area (Å²) in [6.07, 6.45) is 12.9. The Balaban J connectivity index is 0.867. The second-order valence-corrected chi connectivity index (χ2v) is 17.2. The molecule has 0 saturated heterocycles. The van der Waals surface area contributed by atoms with E-state index in [4.69, 9.17) is 9.47 Å². The normalized spacial score (nSPS) is 18.1. The lowest BCUT2D eigenvalue weighted by molar-refractivity contribution is 0.0748. The number of nitrogens with zero attached hydrogens (tertiary/aromatic N) is 1. The summed E-state index contributed by atoms with van der Waals surface area (Å²) < 4.78 is 15.3. The van der Waals surface area contributed by atoms with Gasteiger partial charge in [0.25, 0.3) is 0 Å². The summed E-state index contributed by atoms with van der Waals surface area (Å²) in [6, 6.07) is 57.7. The first-order valence-electron chi connectivity index (χ1n) is 20.6. The number of thiophene rings is 1. The number of hydrogen-bond donors (Lipinski definition) is 0. The lowest BCUT2D eigenvalue weighted by atomic mass is 9.70. The van der Waals surface area contributed by atoms with Crippen LogP contribution in [0.5, 0.6) is 11.5 Å². The third kappa shape index (κ3) is 4.75. The number of hydrogen-bond acceptors (Lipinski definition) is 4. The Morgan fingerprint density at radius 3 is 1.92 bits per heavy atom. The Morgan fingerprint density at radius 2 is 1.17 bits per heavy atom. The van der Waals surface area contributed by atoms with Crippen LogP contribution in [0.15, 0.2) is 188 Å². The molecule has 8 aromatic rings. The smallest absolute Gasteiger partial charge is 0.163 e. The first kappa shape index (κ1) is 33.1. The molecule has 0 N–H and O–H groups in total. The van der Waals surface area contributed by atoms with Crippen LogP contribution >= 0.6 is 11.3 Å². The van der Waals surface area contributed by atoms with Crippen molar-refractivity contribution in [3.8, 4) is 44.9 Å². The predicted octanol–water partition coefficient (Wildman–Crippen LogP) is 13.7. The highest BCUT2D eigenvalue weighted by molar-refractivity contribution is 7.20. The zero-order valence-corrected chi connectivity index (χ0v) is 33.0. The van der Waals surface area contributed by atoms with Gasteiger partial charge in [0.1, 0.15) is 0 Å². The van der Waals surface area contributed by atoms with Crippen molar-refractivity contribution in [1.29, 1.82) is 0 Å². The number of anilines is 2. The van der Waals surface area contributed by atoms with Crippen molar-refractivity contribution in [3.05, 3.63) is 220 Å². The van der Waals surface area contributed by atoms with Crippen molar-refractivity contribution in [2.45, 2.75) is 30.5 Å². The first-order valence-corrected chi connectivity index (χ1v) is 21.4. The van der Waals surface area contributed by atoms with Gasteiger partial charge in [0, 0.05) is 26.6 Å². The highest BCUT2D eigenvalue weighted by atomic mass is 32.1. The molecule has 0 saturated carbocycles. The van der Waals surface area contributed by atoms with Crippen LogP contribution in [0.4, 0.5) is 11.4 Å². The average Bonchev–Trinajstić information content (AvgIpc) is 3.92. The summed E-state index contributed by atoms with van der Waals surface area (Å²) in [5.74, 6) is 1.56. The molecule has 0 radical (unpaired) electrons. The van der Waals surface area contributed by atoms with E-state index < -0.39 is 5.41 Å². The quantitative estimate of drug-likeness (QED) is 0.178. The third-order valence-corrected chi connectivity index (χ3v) is 14.2. The molecule has 13 rings (SSSR count). The Kier molecular flexibility index (Phi) is 7.05. The second kappa shape index (κ2) is 12.6. The van der Waals surface area contributed by atoms with Crippen LogP contribution in [0.2, 0.25) is 0 Å². The minimum Gasteiger partial charge on any atom is -0.478 e. The van der Waals surface area contributed by atoms with Crippen molar-refractivity contribution in [2.24, 2.45) is 0 Å². The van der Waals surface area contributed by atoms with E-state index in [9.17, 15) is 0 Å². The molecule has 0 bridgehead atoms. The molecule has 2 unspecified atom stereocenters. The van der Waals surface area contributed by atoms with Gasteiger partial charge in [-0.25, -0.2) is 0 Å². The van der Waals surface area contributed by atoms with Crippen LogP contribution in [0.3, 0.4) is 0 Å². The maximum Gasteiger partial charge on any atom is 0.163 e. The third-order valence-electron chi connectivity index (χ3n) is 13.1. The second-order valence-electron chi connectivity index (χ2n) is 16.2. The number of allylic oxidation sites excluding steroid dienone is 2. The summed E-state index contributed by atoms with van der Waals surface area (Å²) >= 11 is 1.91. The van der Waals surface area contributed by atoms with Gasteiger partial charge in [-0.2, -0.15) is 0 Å². The van der Waals surface area contributed by atoms with Gasteiger partial charge < -0.3 is 14.4 Å². The highest BCUT2D eigenvalue weighted by Crippen LogP contribution is 2.64. The maximum atomic E-state index is 6.98. The Hall–Kier alpha value is -6.88. The Bertz CT molecular complexity index is 3090. The molecule has 3 nitrogen and oxygen atoms in total. The van der Waals surface area contributed by atoms with E-state index in [1.54, 1.807) is 0 Å². The van der Waals surface area contributed by atoms with Crippen LogP contribution in [-0.2, 0) is 11.8 Å². The van der Waals surface area contributed by atoms with E-state index in [0.29, 0.717) is 0 Å². The van der Waals surface area contributed by atoms with Crippen LogP contribution in [0, 0.1) is 0 Å². The number of fused-ring (bicyclic) bond motifs is 15. The van der Waals surface area contributed by atoms with Crippen molar-refractivity contribution >= 4 is 38.9 Å². The van der Waals surface area contributed by atoms with E-state index in [1.165, 1.54) is 76.2 Å². The molecule has 280 valence electrons. The van der Waals surface area contributed by atoms with Crippen LogP contribution in [0.25, 0.3) is 49.5 Å². The number of ether oxygens (including phenoxy) is 2. The molecule has 1 aliphatic heterocycles. The molecule has 5 aliphatic rings. The molecule has 0 amide bonds. The standard InChI is InChI=1S/C55H37NO2S/c1-2-12-36(13-3-1)56(37-25-22-34(23-26-37)35-24-28-43-42-17-7-11-21-53(42)59-54(43)30-35)38-27-29-49-50(31-38)58-51-32-44-41-16-6-10-20-47(41)55(48(44)33-52(51)57-49)45-18-8-4-14-39(45)40-15-5-9-19-46(40)55/h1-6,8-16,18-33,49-50H,7,17H2. The van der Waals surface area contributed by atoms with Gasteiger partial charge in [-0.3, -0.25) is 0 Å². The summed E-state index contributed by atoms with van der Waals surface area (Å²) in [5, 5.41) is 1.40. The van der Waals surface area contributed by atoms with Gasteiger partial charge >= 0.3 is 0 Å². The van der Waals surface area contributed by atoms with Crippen molar-refractivity contribution in [2.75, 3.05) is 4.90 Å². The summed E-state index contributed by atoms with van der Waals surface area (Å²) in [5.41, 5.74) is 17.0. The Labute approximate surface area is 347 Å². The highest BCUT2D eigenvalue weighted by Gasteiger charge is 2.52. The molecule has 4 heteroatoms. The summed E-state index contributed by atoms with van der Waals surface area (Å²) in [6.45, 7) is 0. The van der Waals surface area contributed by atoms with E-state index in [2.05, 4.69) is 193 Å².